The van der Waals surface area contributed by atoms with Gasteiger partial charge in [-0.2, -0.15) is 18.2 Å². The summed E-state index contributed by atoms with van der Waals surface area (Å²) in [6.07, 6.45) is -4.08. The van der Waals surface area contributed by atoms with Gasteiger partial charge in [-0.25, -0.2) is 9.18 Å². The van der Waals surface area contributed by atoms with Crippen molar-refractivity contribution >= 4 is 40.1 Å². The van der Waals surface area contributed by atoms with Crippen LogP contribution in [-0.2, 0) is 12.7 Å². The van der Waals surface area contributed by atoms with Crippen LogP contribution in [-0.4, -0.2) is 41.5 Å². The van der Waals surface area contributed by atoms with Gasteiger partial charge in [0, 0.05) is 48.6 Å². The molecule has 1 fully saturated rings. The van der Waals surface area contributed by atoms with Crippen molar-refractivity contribution in [3.63, 3.8) is 0 Å². The standard InChI is InChI=1S/C22H19ClF4N4OS/c23-15-10-12(2-3-16(15)24)17-14(22(25,26)27)11-13-18-19(17)33-9-1-6-31(18)21(32)29-20(13)30-7-4-28-5-8-30/h2-3,10-11,28H,1,4-9H2. The van der Waals surface area contributed by atoms with Crippen LogP contribution in [0.5, 0.6) is 0 Å². The van der Waals surface area contributed by atoms with Crippen LogP contribution in [0.25, 0.3) is 22.0 Å². The fourth-order valence-electron chi connectivity index (χ4n) is 4.42. The van der Waals surface area contributed by atoms with Crippen LogP contribution in [0, 0.1) is 5.82 Å². The normalized spacial score (nSPS) is 16.8. The lowest BCUT2D eigenvalue weighted by atomic mass is 9.96. The summed E-state index contributed by atoms with van der Waals surface area (Å²) in [6.45, 7) is 2.72. The Labute approximate surface area is 195 Å². The number of nitrogens with one attached hydrogen (secondary N) is 1. The number of nitrogens with zero attached hydrogens (tertiary/aromatic N) is 3. The van der Waals surface area contributed by atoms with E-state index in [-0.39, 0.29) is 22.0 Å². The number of halogens is 5. The molecule has 0 unspecified atom stereocenters. The highest BCUT2D eigenvalue weighted by Crippen LogP contribution is 2.48. The Morgan fingerprint density at radius 2 is 1.88 bits per heavy atom. The molecule has 2 aliphatic rings. The second kappa shape index (κ2) is 8.48. The zero-order chi connectivity index (χ0) is 23.3. The van der Waals surface area contributed by atoms with E-state index in [4.69, 9.17) is 11.6 Å². The van der Waals surface area contributed by atoms with Crippen LogP contribution in [0.2, 0.25) is 5.02 Å². The monoisotopic (exact) mass is 498 g/mol. The molecular formula is C22H19ClF4N4OS. The molecule has 0 bridgehead atoms. The summed E-state index contributed by atoms with van der Waals surface area (Å²) >= 11 is 7.21. The first-order valence-corrected chi connectivity index (χ1v) is 11.8. The van der Waals surface area contributed by atoms with Crippen LogP contribution in [0.4, 0.5) is 23.4 Å². The lowest BCUT2D eigenvalue weighted by Gasteiger charge is -2.30. The molecule has 3 aromatic rings. The van der Waals surface area contributed by atoms with Crippen molar-refractivity contribution in [1.29, 1.82) is 0 Å². The first-order chi connectivity index (χ1) is 15.8. The highest BCUT2D eigenvalue weighted by Gasteiger charge is 2.38. The molecule has 2 aromatic carbocycles. The third-order valence-corrected chi connectivity index (χ3v) is 7.37. The fourth-order valence-corrected chi connectivity index (χ4v) is 5.80. The zero-order valence-corrected chi connectivity index (χ0v) is 18.9. The minimum atomic E-state index is -4.69. The van der Waals surface area contributed by atoms with E-state index in [1.807, 2.05) is 4.90 Å². The number of aromatic nitrogens is 2. The van der Waals surface area contributed by atoms with Crippen LogP contribution in [0.15, 0.2) is 34.0 Å². The smallest absolute Gasteiger partial charge is 0.353 e. The Hall–Kier alpha value is -2.30. The molecule has 3 heterocycles. The van der Waals surface area contributed by atoms with Gasteiger partial charge in [0.05, 0.1) is 16.1 Å². The number of aryl methyl sites for hydroxylation is 1. The van der Waals surface area contributed by atoms with Gasteiger partial charge in [0.15, 0.2) is 0 Å². The molecule has 0 aliphatic carbocycles. The van der Waals surface area contributed by atoms with E-state index >= 15 is 0 Å². The van der Waals surface area contributed by atoms with Gasteiger partial charge < -0.3 is 10.2 Å². The van der Waals surface area contributed by atoms with Crippen LogP contribution in [0.1, 0.15) is 12.0 Å². The predicted molar refractivity (Wildman–Crippen MR) is 122 cm³/mol. The summed E-state index contributed by atoms with van der Waals surface area (Å²) in [6, 6.07) is 4.63. The molecule has 0 amide bonds. The van der Waals surface area contributed by atoms with Crippen LogP contribution >= 0.6 is 23.4 Å². The Morgan fingerprint density at radius 1 is 1.12 bits per heavy atom. The molecule has 0 spiro atoms. The largest absolute Gasteiger partial charge is 0.417 e. The van der Waals surface area contributed by atoms with E-state index in [2.05, 4.69) is 10.3 Å². The summed E-state index contributed by atoms with van der Waals surface area (Å²) in [5.74, 6) is 0.0867. The third kappa shape index (κ3) is 3.98. The molecule has 174 valence electrons. The molecule has 1 N–H and O–H groups in total. The first kappa shape index (κ1) is 22.5. The van der Waals surface area contributed by atoms with Gasteiger partial charge in [-0.15, -0.1) is 11.8 Å². The van der Waals surface area contributed by atoms with Crippen molar-refractivity contribution in [2.24, 2.45) is 0 Å². The van der Waals surface area contributed by atoms with E-state index in [0.717, 1.165) is 12.1 Å². The number of rotatable bonds is 2. The Balaban J connectivity index is 1.91. The molecule has 5 nitrogen and oxygen atoms in total. The molecular weight excluding hydrogens is 480 g/mol. The van der Waals surface area contributed by atoms with E-state index in [0.29, 0.717) is 60.7 Å². The SMILES string of the molecule is O=c1nc(N2CCNCC2)c2cc(C(F)(F)F)c(-c3ccc(F)c(Cl)c3)c3c2n1CCCS3. The average Bonchev–Trinajstić information content (AvgIpc) is 3.02. The number of piperazine rings is 1. The Bertz CT molecular complexity index is 1300. The number of anilines is 1. The van der Waals surface area contributed by atoms with Crippen LogP contribution < -0.4 is 15.9 Å². The van der Waals surface area contributed by atoms with E-state index < -0.39 is 23.2 Å². The second-order valence-corrected chi connectivity index (χ2v) is 9.47. The molecule has 0 atom stereocenters. The zero-order valence-electron chi connectivity index (χ0n) is 17.3. The molecule has 2 aliphatic heterocycles. The summed E-state index contributed by atoms with van der Waals surface area (Å²) in [5, 5.41) is 3.23. The number of benzene rings is 2. The minimum Gasteiger partial charge on any atom is -0.353 e. The summed E-state index contributed by atoms with van der Waals surface area (Å²) in [4.78, 5) is 19.4. The van der Waals surface area contributed by atoms with E-state index in [1.54, 1.807) is 0 Å². The molecule has 1 aromatic heterocycles. The molecule has 1 saturated heterocycles. The van der Waals surface area contributed by atoms with Crippen molar-refractivity contribution < 1.29 is 17.6 Å². The van der Waals surface area contributed by atoms with E-state index in [1.165, 1.54) is 28.5 Å². The maximum atomic E-state index is 14.4. The first-order valence-electron chi connectivity index (χ1n) is 10.5. The van der Waals surface area contributed by atoms with Gasteiger partial charge >= 0.3 is 11.9 Å². The number of hydrogen-bond acceptors (Lipinski definition) is 5. The van der Waals surface area contributed by atoms with Crippen molar-refractivity contribution in [2.75, 3.05) is 36.8 Å². The van der Waals surface area contributed by atoms with Crippen molar-refractivity contribution in [3.05, 3.63) is 51.2 Å². The second-order valence-electron chi connectivity index (χ2n) is 7.96. The Kier molecular flexibility index (Phi) is 5.78. The van der Waals surface area contributed by atoms with Gasteiger partial charge in [-0.3, -0.25) is 4.57 Å². The van der Waals surface area contributed by atoms with Crippen LogP contribution in [0.3, 0.4) is 0 Å². The summed E-state index contributed by atoms with van der Waals surface area (Å²) in [7, 11) is 0. The maximum Gasteiger partial charge on any atom is 0.417 e. The van der Waals surface area contributed by atoms with Gasteiger partial charge in [-0.05, 0) is 35.9 Å². The maximum absolute atomic E-state index is 14.4. The highest BCUT2D eigenvalue weighted by atomic mass is 35.5. The topological polar surface area (TPSA) is 50.2 Å². The number of thioether (sulfide) groups is 1. The lowest BCUT2D eigenvalue weighted by Crippen LogP contribution is -2.44. The third-order valence-electron chi connectivity index (χ3n) is 5.90. The van der Waals surface area contributed by atoms with E-state index in [9.17, 15) is 22.4 Å². The lowest BCUT2D eigenvalue weighted by molar-refractivity contribution is -0.137. The number of alkyl halides is 3. The predicted octanol–water partition coefficient (Wildman–Crippen LogP) is 4.78. The molecule has 5 rings (SSSR count). The van der Waals surface area contributed by atoms with Crippen molar-refractivity contribution in [3.8, 4) is 11.1 Å². The summed E-state index contributed by atoms with van der Waals surface area (Å²) < 4.78 is 58.5. The average molecular weight is 499 g/mol. The van der Waals surface area contributed by atoms with Gasteiger partial charge in [0.1, 0.15) is 11.6 Å². The van der Waals surface area contributed by atoms with Gasteiger partial charge in [-0.1, -0.05) is 17.7 Å². The van der Waals surface area contributed by atoms with Gasteiger partial charge in [0.25, 0.3) is 0 Å². The minimum absolute atomic E-state index is 0.0885. The quantitative estimate of drug-likeness (QED) is 0.515. The summed E-state index contributed by atoms with van der Waals surface area (Å²) in [5.41, 5.74) is -0.837. The van der Waals surface area contributed by atoms with Crippen molar-refractivity contribution in [2.45, 2.75) is 24.0 Å². The number of hydrogen-bond donors (Lipinski definition) is 1. The fraction of sp³-hybridized carbons (Fsp3) is 0.364. The molecule has 0 saturated carbocycles. The highest BCUT2D eigenvalue weighted by molar-refractivity contribution is 7.99. The molecule has 0 radical (unpaired) electrons. The Morgan fingerprint density at radius 3 is 2.58 bits per heavy atom. The van der Waals surface area contributed by atoms with Gasteiger partial charge in [0.2, 0.25) is 0 Å². The molecule has 11 heteroatoms. The molecule has 33 heavy (non-hydrogen) atoms. The van der Waals surface area contributed by atoms with Crippen molar-refractivity contribution in [1.82, 2.24) is 14.9 Å².